The molecule has 0 bridgehead atoms. The molecule has 1 aliphatic rings. The molecule has 3 aromatic carbocycles. The van der Waals surface area contributed by atoms with Crippen LogP contribution >= 0.6 is 0 Å². The Morgan fingerprint density at radius 1 is 0.732 bits per heavy atom. The van der Waals surface area contributed by atoms with Crippen LogP contribution in [0.3, 0.4) is 0 Å². The quantitative estimate of drug-likeness (QED) is 0.216. The van der Waals surface area contributed by atoms with Crippen molar-refractivity contribution in [1.29, 1.82) is 0 Å². The SMILES string of the molecule is COc1ccc([C@H]2[C@H](OC(C)=O)[C@@H](OC(=O)c3ccccc3)[C@H](COC(C)=O)N2C)cc1OC(=O)c1ccccc1. The predicted molar refractivity (Wildman–Crippen MR) is 147 cm³/mol. The van der Waals surface area contributed by atoms with Crippen LogP contribution in [0.1, 0.15) is 46.2 Å². The fourth-order valence-electron chi connectivity index (χ4n) is 4.83. The van der Waals surface area contributed by atoms with E-state index in [1.165, 1.54) is 21.0 Å². The largest absolute Gasteiger partial charge is 0.493 e. The standard InChI is InChI=1S/C31H31NO9/c1-19(33)38-18-24-28(41-31(36)22-13-9-6-10-14-22)29(39-20(2)34)27(32(24)3)23-15-16-25(37-4)26(17-23)40-30(35)21-11-7-5-8-12-21/h5-17,24,27-29H,18H2,1-4H3/t24-,27-,28-,29-/m0/s1. The summed E-state index contributed by atoms with van der Waals surface area (Å²) in [5.41, 5.74) is 1.25. The molecule has 0 spiro atoms. The third kappa shape index (κ3) is 6.90. The lowest BCUT2D eigenvalue weighted by atomic mass is 9.99. The number of carbonyl (C=O) groups excluding carboxylic acids is 4. The van der Waals surface area contributed by atoms with Crippen molar-refractivity contribution in [1.82, 2.24) is 4.90 Å². The lowest BCUT2D eigenvalue weighted by molar-refractivity contribution is -0.153. The van der Waals surface area contributed by atoms with Crippen molar-refractivity contribution in [3.05, 3.63) is 95.6 Å². The van der Waals surface area contributed by atoms with Crippen molar-refractivity contribution >= 4 is 23.9 Å². The highest BCUT2D eigenvalue weighted by Crippen LogP contribution is 2.42. The molecule has 214 valence electrons. The number of benzene rings is 3. The second kappa shape index (κ2) is 13.1. The van der Waals surface area contributed by atoms with Gasteiger partial charge >= 0.3 is 23.9 Å². The van der Waals surface area contributed by atoms with E-state index in [1.54, 1.807) is 85.9 Å². The summed E-state index contributed by atoms with van der Waals surface area (Å²) in [4.78, 5) is 51.7. The molecule has 0 aliphatic carbocycles. The number of hydrogen-bond acceptors (Lipinski definition) is 10. The molecular formula is C31H31NO9. The Morgan fingerprint density at radius 3 is 1.90 bits per heavy atom. The zero-order valence-corrected chi connectivity index (χ0v) is 23.1. The molecule has 1 fully saturated rings. The molecule has 41 heavy (non-hydrogen) atoms. The summed E-state index contributed by atoms with van der Waals surface area (Å²) < 4.78 is 28.1. The van der Waals surface area contributed by atoms with Gasteiger partial charge in [-0.2, -0.15) is 0 Å². The molecule has 0 radical (unpaired) electrons. The summed E-state index contributed by atoms with van der Waals surface area (Å²) in [6, 6.07) is 20.5. The summed E-state index contributed by atoms with van der Waals surface area (Å²) in [5.74, 6) is -1.85. The van der Waals surface area contributed by atoms with Gasteiger partial charge in [0.25, 0.3) is 0 Å². The van der Waals surface area contributed by atoms with Gasteiger partial charge in [-0.05, 0) is 49.0 Å². The lowest BCUT2D eigenvalue weighted by Crippen LogP contribution is -2.42. The molecule has 0 N–H and O–H groups in total. The molecule has 0 aromatic heterocycles. The van der Waals surface area contributed by atoms with E-state index in [0.717, 1.165) is 0 Å². The first kappa shape index (κ1) is 29.3. The average Bonchev–Trinajstić information content (AvgIpc) is 3.21. The summed E-state index contributed by atoms with van der Waals surface area (Å²) in [5, 5.41) is 0. The van der Waals surface area contributed by atoms with E-state index in [-0.39, 0.29) is 12.4 Å². The number of rotatable bonds is 9. The second-order valence-electron chi connectivity index (χ2n) is 9.46. The molecule has 1 heterocycles. The van der Waals surface area contributed by atoms with Gasteiger partial charge in [0.05, 0.1) is 30.3 Å². The molecule has 3 aromatic rings. The molecule has 10 heteroatoms. The molecule has 10 nitrogen and oxygen atoms in total. The van der Waals surface area contributed by atoms with E-state index < -0.39 is 48.2 Å². The number of carbonyl (C=O) groups is 4. The topological polar surface area (TPSA) is 118 Å². The third-order valence-electron chi connectivity index (χ3n) is 6.73. The highest BCUT2D eigenvalue weighted by Gasteiger charge is 2.53. The number of esters is 4. The van der Waals surface area contributed by atoms with Gasteiger partial charge < -0.3 is 23.7 Å². The van der Waals surface area contributed by atoms with Crippen molar-refractivity contribution in [2.75, 3.05) is 20.8 Å². The summed E-state index contributed by atoms with van der Waals surface area (Å²) in [6.07, 6.45) is -1.99. The molecule has 1 saturated heterocycles. The van der Waals surface area contributed by atoms with Crippen LogP contribution < -0.4 is 9.47 Å². The summed E-state index contributed by atoms with van der Waals surface area (Å²) >= 11 is 0. The molecular weight excluding hydrogens is 530 g/mol. The summed E-state index contributed by atoms with van der Waals surface area (Å²) in [6.45, 7) is 2.41. The number of hydrogen-bond donors (Lipinski definition) is 0. The van der Waals surface area contributed by atoms with Crippen molar-refractivity contribution in [3.8, 4) is 11.5 Å². The van der Waals surface area contributed by atoms with E-state index in [4.69, 9.17) is 23.7 Å². The first-order chi connectivity index (χ1) is 19.7. The maximum absolute atomic E-state index is 13.1. The van der Waals surface area contributed by atoms with Crippen LogP contribution in [-0.4, -0.2) is 67.8 Å². The van der Waals surface area contributed by atoms with Gasteiger partial charge in [0.1, 0.15) is 6.61 Å². The van der Waals surface area contributed by atoms with Gasteiger partial charge in [0.15, 0.2) is 23.7 Å². The van der Waals surface area contributed by atoms with Crippen molar-refractivity contribution in [3.63, 3.8) is 0 Å². The number of likely N-dealkylation sites (N-methyl/N-ethyl adjacent to an activating group) is 1. The number of nitrogens with zero attached hydrogens (tertiary/aromatic N) is 1. The van der Waals surface area contributed by atoms with Crippen LogP contribution in [0.4, 0.5) is 0 Å². The van der Waals surface area contributed by atoms with E-state index >= 15 is 0 Å². The maximum Gasteiger partial charge on any atom is 0.343 e. The minimum absolute atomic E-state index is 0.126. The Balaban J connectivity index is 1.72. The fraction of sp³-hybridized carbons (Fsp3) is 0.290. The average molecular weight is 562 g/mol. The molecule has 0 unspecified atom stereocenters. The zero-order chi connectivity index (χ0) is 29.5. The smallest absolute Gasteiger partial charge is 0.343 e. The lowest BCUT2D eigenvalue weighted by Gasteiger charge is -2.27. The van der Waals surface area contributed by atoms with Crippen molar-refractivity contribution in [2.45, 2.75) is 38.1 Å². The number of ether oxygens (including phenoxy) is 5. The molecule has 4 rings (SSSR count). The van der Waals surface area contributed by atoms with Gasteiger partial charge in [-0.3, -0.25) is 14.5 Å². The highest BCUT2D eigenvalue weighted by molar-refractivity contribution is 5.91. The molecule has 4 atom stereocenters. The van der Waals surface area contributed by atoms with Crippen LogP contribution in [0, 0.1) is 0 Å². The first-order valence-electron chi connectivity index (χ1n) is 12.9. The highest BCUT2D eigenvalue weighted by atomic mass is 16.6. The molecule has 0 amide bonds. The van der Waals surface area contributed by atoms with Crippen LogP contribution in [0.25, 0.3) is 0 Å². The Labute approximate surface area is 237 Å². The summed E-state index contributed by atoms with van der Waals surface area (Å²) in [7, 11) is 3.19. The number of methoxy groups -OCH3 is 1. The minimum atomic E-state index is -1.00. The second-order valence-corrected chi connectivity index (χ2v) is 9.46. The number of likely N-dealkylation sites (tertiary alicyclic amines) is 1. The predicted octanol–water partition coefficient (Wildman–Crippen LogP) is 3.99. The van der Waals surface area contributed by atoms with Crippen molar-refractivity contribution < 1.29 is 42.9 Å². The van der Waals surface area contributed by atoms with Crippen LogP contribution in [0.5, 0.6) is 11.5 Å². The maximum atomic E-state index is 13.1. The Morgan fingerprint density at radius 2 is 1.34 bits per heavy atom. The van der Waals surface area contributed by atoms with Gasteiger partial charge in [0, 0.05) is 13.8 Å². The van der Waals surface area contributed by atoms with E-state index in [0.29, 0.717) is 22.4 Å². The van der Waals surface area contributed by atoms with Gasteiger partial charge in [-0.1, -0.05) is 42.5 Å². The monoisotopic (exact) mass is 561 g/mol. The normalized spacial score (nSPS) is 20.1. The zero-order valence-electron chi connectivity index (χ0n) is 23.1. The van der Waals surface area contributed by atoms with Crippen LogP contribution in [0.15, 0.2) is 78.9 Å². The minimum Gasteiger partial charge on any atom is -0.493 e. The first-order valence-corrected chi connectivity index (χ1v) is 12.9. The van der Waals surface area contributed by atoms with E-state index in [9.17, 15) is 19.2 Å². The van der Waals surface area contributed by atoms with Crippen LogP contribution in [0.2, 0.25) is 0 Å². The molecule has 0 saturated carbocycles. The van der Waals surface area contributed by atoms with Gasteiger partial charge in [0.2, 0.25) is 0 Å². The van der Waals surface area contributed by atoms with Gasteiger partial charge in [-0.15, -0.1) is 0 Å². The van der Waals surface area contributed by atoms with E-state index in [2.05, 4.69) is 0 Å². The van der Waals surface area contributed by atoms with Crippen molar-refractivity contribution in [2.24, 2.45) is 0 Å². The van der Waals surface area contributed by atoms with E-state index in [1.807, 2.05) is 4.90 Å². The third-order valence-corrected chi connectivity index (χ3v) is 6.73. The Bertz CT molecular complexity index is 1390. The van der Waals surface area contributed by atoms with Gasteiger partial charge in [-0.25, -0.2) is 9.59 Å². The van der Waals surface area contributed by atoms with Crippen LogP contribution in [-0.2, 0) is 23.8 Å². The fourth-order valence-corrected chi connectivity index (χ4v) is 4.83. The molecule has 1 aliphatic heterocycles. The Hall–Kier alpha value is -4.70. The Kier molecular flexibility index (Phi) is 9.36.